The van der Waals surface area contributed by atoms with Crippen LogP contribution in [0.25, 0.3) is 0 Å². The number of nitrogens with zero attached hydrogens (tertiary/aromatic N) is 3. The van der Waals surface area contributed by atoms with Crippen molar-refractivity contribution in [1.29, 1.82) is 0 Å². The van der Waals surface area contributed by atoms with Crippen LogP contribution in [0.3, 0.4) is 0 Å². The molecule has 1 aromatic rings. The summed E-state index contributed by atoms with van der Waals surface area (Å²) in [5.41, 5.74) is 1.06. The molecule has 0 saturated carbocycles. The maximum Gasteiger partial charge on any atom is 0.256 e. The van der Waals surface area contributed by atoms with Crippen molar-refractivity contribution < 1.29 is 14.7 Å². The van der Waals surface area contributed by atoms with Gasteiger partial charge in [-0.1, -0.05) is 38.1 Å². The third kappa shape index (κ3) is 4.73. The Morgan fingerprint density at radius 1 is 1.11 bits per heavy atom. The minimum absolute atomic E-state index is 0.0850. The lowest BCUT2D eigenvalue weighted by Gasteiger charge is -2.43. The van der Waals surface area contributed by atoms with Gasteiger partial charge in [0, 0.05) is 52.7 Å². The second-order valence-corrected chi connectivity index (χ2v) is 8.54. The zero-order valence-corrected chi connectivity index (χ0v) is 17.4. The third-order valence-electron chi connectivity index (χ3n) is 6.03. The van der Waals surface area contributed by atoms with Gasteiger partial charge in [-0.3, -0.25) is 14.5 Å². The van der Waals surface area contributed by atoms with E-state index in [0.717, 1.165) is 12.0 Å². The lowest BCUT2D eigenvalue weighted by atomic mass is 9.90. The second-order valence-electron chi connectivity index (χ2n) is 8.54. The van der Waals surface area contributed by atoms with E-state index in [1.807, 2.05) is 4.90 Å². The molecule has 2 amide bonds. The average molecular weight is 388 g/mol. The van der Waals surface area contributed by atoms with Gasteiger partial charge in [0.1, 0.15) is 0 Å². The van der Waals surface area contributed by atoms with Crippen molar-refractivity contribution in [2.24, 2.45) is 0 Å². The first-order valence-corrected chi connectivity index (χ1v) is 10.4. The highest BCUT2D eigenvalue weighted by Gasteiger charge is 2.43. The number of rotatable bonds is 5. The van der Waals surface area contributed by atoms with Crippen molar-refractivity contribution in [3.05, 3.63) is 35.4 Å². The van der Waals surface area contributed by atoms with Gasteiger partial charge in [0.05, 0.1) is 0 Å². The minimum Gasteiger partial charge on any atom is -0.379 e. The highest BCUT2D eigenvalue weighted by atomic mass is 16.3. The number of piperazine rings is 1. The van der Waals surface area contributed by atoms with E-state index >= 15 is 0 Å². The van der Waals surface area contributed by atoms with Crippen molar-refractivity contribution in [2.75, 3.05) is 39.3 Å². The molecular formula is C22H33N3O3. The molecule has 28 heavy (non-hydrogen) atoms. The highest BCUT2D eigenvalue weighted by molar-refractivity contribution is 5.86. The number of carbonyl (C=O) groups is 2. The Balaban J connectivity index is 1.60. The van der Waals surface area contributed by atoms with Crippen molar-refractivity contribution in [3.63, 3.8) is 0 Å². The predicted molar refractivity (Wildman–Crippen MR) is 109 cm³/mol. The van der Waals surface area contributed by atoms with Crippen LogP contribution in [0.1, 0.15) is 50.7 Å². The van der Waals surface area contributed by atoms with E-state index in [4.69, 9.17) is 0 Å². The first kappa shape index (κ1) is 20.8. The molecule has 2 fully saturated rings. The summed E-state index contributed by atoms with van der Waals surface area (Å²) in [4.78, 5) is 30.3. The maximum atomic E-state index is 13.1. The zero-order valence-electron chi connectivity index (χ0n) is 17.4. The Labute approximate surface area is 168 Å². The van der Waals surface area contributed by atoms with Crippen LogP contribution >= 0.6 is 0 Å². The largest absolute Gasteiger partial charge is 0.379 e. The number of hydrogen-bond acceptors (Lipinski definition) is 4. The molecule has 0 radical (unpaired) electrons. The van der Waals surface area contributed by atoms with E-state index < -0.39 is 5.60 Å². The number of benzene rings is 1. The summed E-state index contributed by atoms with van der Waals surface area (Å²) in [7, 11) is 0. The summed E-state index contributed by atoms with van der Waals surface area (Å²) in [5.74, 6) is 0.404. The highest BCUT2D eigenvalue weighted by Crippen LogP contribution is 2.26. The molecule has 2 saturated heterocycles. The Morgan fingerprint density at radius 2 is 1.75 bits per heavy atom. The second kappa shape index (κ2) is 8.62. The maximum absolute atomic E-state index is 13.1. The molecule has 0 aliphatic carbocycles. The van der Waals surface area contributed by atoms with Gasteiger partial charge in [0.15, 0.2) is 5.60 Å². The average Bonchev–Trinajstić information content (AvgIpc) is 2.66. The smallest absolute Gasteiger partial charge is 0.256 e. The van der Waals surface area contributed by atoms with Gasteiger partial charge in [-0.05, 0) is 29.9 Å². The van der Waals surface area contributed by atoms with Crippen LogP contribution in [0, 0.1) is 0 Å². The zero-order chi connectivity index (χ0) is 20.3. The number of aliphatic hydroxyl groups is 1. The molecular weight excluding hydrogens is 354 g/mol. The normalized spacial score (nSPS) is 24.1. The van der Waals surface area contributed by atoms with E-state index in [2.05, 4.69) is 43.0 Å². The van der Waals surface area contributed by atoms with Crippen molar-refractivity contribution in [3.8, 4) is 0 Å². The topological polar surface area (TPSA) is 64.1 Å². The van der Waals surface area contributed by atoms with Crippen molar-refractivity contribution in [1.82, 2.24) is 14.7 Å². The number of likely N-dealkylation sites (tertiary alicyclic amines) is 1. The van der Waals surface area contributed by atoms with Gasteiger partial charge in [-0.15, -0.1) is 0 Å². The predicted octanol–water partition coefficient (Wildman–Crippen LogP) is 1.83. The molecule has 2 aliphatic rings. The molecule has 0 unspecified atom stereocenters. The van der Waals surface area contributed by atoms with Crippen LogP contribution in [0.5, 0.6) is 0 Å². The van der Waals surface area contributed by atoms with Crippen molar-refractivity contribution >= 4 is 11.8 Å². The molecule has 1 atom stereocenters. The quantitative estimate of drug-likeness (QED) is 0.837. The molecule has 3 rings (SSSR count). The first-order valence-electron chi connectivity index (χ1n) is 10.4. The molecule has 6 heteroatoms. The Kier molecular flexibility index (Phi) is 6.40. The van der Waals surface area contributed by atoms with Gasteiger partial charge in [0.2, 0.25) is 5.91 Å². The van der Waals surface area contributed by atoms with Gasteiger partial charge in [-0.25, -0.2) is 0 Å². The van der Waals surface area contributed by atoms with E-state index in [0.29, 0.717) is 58.2 Å². The summed E-state index contributed by atoms with van der Waals surface area (Å²) < 4.78 is 0. The summed E-state index contributed by atoms with van der Waals surface area (Å²) in [6.07, 6.45) is 1.31. The van der Waals surface area contributed by atoms with Crippen LogP contribution in [0.2, 0.25) is 0 Å². The van der Waals surface area contributed by atoms with Gasteiger partial charge in [-0.2, -0.15) is 0 Å². The van der Waals surface area contributed by atoms with Crippen LogP contribution in [-0.4, -0.2) is 76.5 Å². The van der Waals surface area contributed by atoms with Crippen LogP contribution < -0.4 is 0 Å². The van der Waals surface area contributed by atoms with E-state index in [-0.39, 0.29) is 11.8 Å². The van der Waals surface area contributed by atoms with Crippen LogP contribution in [0.15, 0.2) is 24.3 Å². The fraction of sp³-hybridized carbons (Fsp3) is 0.636. The molecule has 154 valence electrons. The Hall–Kier alpha value is -1.92. The van der Waals surface area contributed by atoms with Crippen LogP contribution in [0.4, 0.5) is 0 Å². The van der Waals surface area contributed by atoms with E-state index in [9.17, 15) is 14.7 Å². The minimum atomic E-state index is -1.32. The standard InChI is InChI=1S/C22H33N3O3/c1-17(2)20-7-5-19(6-8-20)15-25-10-4-9-22(28,21(25)27)16-23-11-13-24(14-12-23)18(3)26/h5-8,17,28H,4,9-16H2,1-3H3/t22-/m0/s1. The molecule has 2 heterocycles. The fourth-order valence-corrected chi connectivity index (χ4v) is 4.18. The molecule has 0 spiro atoms. The van der Waals surface area contributed by atoms with Gasteiger partial charge < -0.3 is 14.9 Å². The number of amides is 2. The first-order chi connectivity index (χ1) is 13.3. The molecule has 0 aromatic heterocycles. The molecule has 6 nitrogen and oxygen atoms in total. The van der Waals surface area contributed by atoms with Gasteiger partial charge >= 0.3 is 0 Å². The summed E-state index contributed by atoms with van der Waals surface area (Å²) >= 11 is 0. The Bertz CT molecular complexity index is 695. The molecule has 1 aromatic carbocycles. The number of hydrogen-bond donors (Lipinski definition) is 1. The summed E-state index contributed by atoms with van der Waals surface area (Å²) in [6.45, 7) is 10.2. The molecule has 2 aliphatic heterocycles. The lowest BCUT2D eigenvalue weighted by Crippen LogP contribution is -2.60. The van der Waals surface area contributed by atoms with E-state index in [1.54, 1.807) is 11.8 Å². The molecule has 0 bridgehead atoms. The van der Waals surface area contributed by atoms with Gasteiger partial charge in [0.25, 0.3) is 5.91 Å². The summed E-state index contributed by atoms with van der Waals surface area (Å²) in [6, 6.07) is 8.40. The number of β-amino-alcohol motifs (C(OH)–C–C–N with tert-alkyl or cyclic N) is 1. The number of carbonyl (C=O) groups excluding carboxylic acids is 2. The van der Waals surface area contributed by atoms with E-state index in [1.165, 1.54) is 5.56 Å². The SMILES string of the molecule is CC(=O)N1CCN(C[C@@]2(O)CCCN(Cc3ccc(C(C)C)cc3)C2=O)CC1. The lowest BCUT2D eigenvalue weighted by molar-refractivity contribution is -0.161. The molecule has 1 N–H and O–H groups in total. The third-order valence-corrected chi connectivity index (χ3v) is 6.03. The number of piperidine rings is 1. The fourth-order valence-electron chi connectivity index (χ4n) is 4.18. The summed E-state index contributed by atoms with van der Waals surface area (Å²) in [5, 5.41) is 11.1. The van der Waals surface area contributed by atoms with Crippen LogP contribution in [-0.2, 0) is 16.1 Å². The van der Waals surface area contributed by atoms with Crippen molar-refractivity contribution in [2.45, 2.75) is 51.7 Å². The Morgan fingerprint density at radius 3 is 2.32 bits per heavy atom. The monoisotopic (exact) mass is 387 g/mol.